The minimum Gasteiger partial charge on any atom is -0.368 e. The number of aromatic nitrogens is 1. The number of carbonyl (C=O) groups is 1. The third kappa shape index (κ3) is 3.69. The largest absolute Gasteiger partial charge is 0.368 e. The molecule has 0 atom stereocenters. The summed E-state index contributed by atoms with van der Waals surface area (Å²) in [5, 5.41) is 10.3. The number of thioether (sulfide) groups is 1. The van der Waals surface area contributed by atoms with Crippen LogP contribution in [0.1, 0.15) is 40.4 Å². The van der Waals surface area contributed by atoms with E-state index in [1.165, 1.54) is 23.9 Å². The number of nitrogens with zero attached hydrogens (tertiary/aromatic N) is 4. The average Bonchev–Trinajstić information content (AvgIpc) is 3.58. The van der Waals surface area contributed by atoms with Gasteiger partial charge in [-0.05, 0) is 49.4 Å². The second kappa shape index (κ2) is 7.80. The summed E-state index contributed by atoms with van der Waals surface area (Å²) in [6.45, 7) is 2.48. The molecule has 0 N–H and O–H groups in total. The number of nitriles is 1. The van der Waals surface area contributed by atoms with Gasteiger partial charge in [-0.1, -0.05) is 0 Å². The van der Waals surface area contributed by atoms with Crippen LogP contribution in [-0.4, -0.2) is 48.2 Å². The summed E-state index contributed by atoms with van der Waals surface area (Å²) in [6, 6.07) is 10.4. The lowest BCUT2D eigenvalue weighted by atomic mass is 10.1. The summed E-state index contributed by atoms with van der Waals surface area (Å²) in [6.07, 6.45) is 4.07. The Balaban J connectivity index is 1.53. The van der Waals surface area contributed by atoms with Crippen LogP contribution in [-0.2, 0) is 0 Å². The number of benzene rings is 1. The van der Waals surface area contributed by atoms with Gasteiger partial charge in [0.15, 0.2) is 0 Å². The van der Waals surface area contributed by atoms with Crippen LogP contribution in [0.4, 0.5) is 10.1 Å². The summed E-state index contributed by atoms with van der Waals surface area (Å²) in [5.74, 6) is 0.0609. The van der Waals surface area contributed by atoms with E-state index < -0.39 is 0 Å². The number of hydrogen-bond donors (Lipinski definition) is 0. The summed E-state index contributed by atoms with van der Waals surface area (Å²) in [7, 11) is 0. The Morgan fingerprint density at radius 2 is 1.89 bits per heavy atom. The van der Waals surface area contributed by atoms with Crippen molar-refractivity contribution in [2.45, 2.75) is 23.8 Å². The molecule has 2 heterocycles. The standard InChI is InChI=1S/C21H21FN4OS/c1-28-20-18(13-23)17(12-19(24-20)14-2-3-14)21(27)26-10-8-25(9-11-26)16-6-4-15(22)5-7-16/h4-7,12,14H,2-3,8-11H2,1H3. The Morgan fingerprint density at radius 1 is 1.21 bits per heavy atom. The Morgan fingerprint density at radius 3 is 2.46 bits per heavy atom. The van der Waals surface area contributed by atoms with Crippen molar-refractivity contribution in [3.63, 3.8) is 0 Å². The number of anilines is 1. The lowest BCUT2D eigenvalue weighted by Gasteiger charge is -2.36. The fourth-order valence-electron chi connectivity index (χ4n) is 3.54. The van der Waals surface area contributed by atoms with Crippen LogP contribution < -0.4 is 4.90 Å². The maximum atomic E-state index is 13.2. The number of halogens is 1. The molecule has 0 spiro atoms. The van der Waals surface area contributed by atoms with Gasteiger partial charge in [-0.15, -0.1) is 11.8 Å². The molecular formula is C21H21FN4OS. The maximum absolute atomic E-state index is 13.2. The monoisotopic (exact) mass is 396 g/mol. The lowest BCUT2D eigenvalue weighted by Crippen LogP contribution is -2.49. The van der Waals surface area contributed by atoms with E-state index >= 15 is 0 Å². The number of pyridine rings is 1. The minimum atomic E-state index is -0.254. The molecule has 144 valence electrons. The molecule has 2 aromatic rings. The molecule has 0 radical (unpaired) electrons. The van der Waals surface area contributed by atoms with Gasteiger partial charge in [-0.2, -0.15) is 5.26 Å². The van der Waals surface area contributed by atoms with Gasteiger partial charge in [0.1, 0.15) is 16.9 Å². The summed E-state index contributed by atoms with van der Waals surface area (Å²) < 4.78 is 13.1. The highest BCUT2D eigenvalue weighted by atomic mass is 32.2. The predicted octanol–water partition coefficient (Wildman–Crippen LogP) is 3.65. The molecule has 0 bridgehead atoms. The molecule has 5 nitrogen and oxygen atoms in total. The number of piperazine rings is 1. The molecule has 1 saturated carbocycles. The fraction of sp³-hybridized carbons (Fsp3) is 0.381. The molecule has 1 aromatic carbocycles. The molecule has 1 saturated heterocycles. The predicted molar refractivity (Wildman–Crippen MR) is 107 cm³/mol. The lowest BCUT2D eigenvalue weighted by molar-refractivity contribution is 0.0746. The second-order valence-corrected chi connectivity index (χ2v) is 7.92. The van der Waals surface area contributed by atoms with Crippen molar-refractivity contribution in [1.82, 2.24) is 9.88 Å². The first-order valence-corrected chi connectivity index (χ1v) is 10.6. The van der Waals surface area contributed by atoms with Crippen molar-refractivity contribution in [2.75, 3.05) is 37.3 Å². The van der Waals surface area contributed by atoms with Crippen molar-refractivity contribution in [1.29, 1.82) is 5.26 Å². The van der Waals surface area contributed by atoms with Gasteiger partial charge in [0.05, 0.1) is 11.1 Å². The molecule has 7 heteroatoms. The number of rotatable bonds is 4. The molecule has 1 aliphatic heterocycles. The number of carbonyl (C=O) groups excluding carboxylic acids is 1. The number of amides is 1. The van der Waals surface area contributed by atoms with E-state index in [2.05, 4.69) is 16.0 Å². The SMILES string of the molecule is CSc1nc(C2CC2)cc(C(=O)N2CCN(c3ccc(F)cc3)CC2)c1C#N. The molecule has 0 unspecified atom stereocenters. The quantitative estimate of drug-likeness (QED) is 0.739. The van der Waals surface area contributed by atoms with E-state index in [-0.39, 0.29) is 11.7 Å². The Bertz CT molecular complexity index is 929. The molecule has 1 aromatic heterocycles. The van der Waals surface area contributed by atoms with Gasteiger partial charge in [0.25, 0.3) is 5.91 Å². The second-order valence-electron chi connectivity index (χ2n) is 7.12. The highest BCUT2D eigenvalue weighted by Crippen LogP contribution is 2.40. The highest BCUT2D eigenvalue weighted by Gasteiger charge is 2.30. The Kier molecular flexibility index (Phi) is 5.23. The molecule has 4 rings (SSSR count). The van der Waals surface area contributed by atoms with Gasteiger partial charge in [-0.3, -0.25) is 4.79 Å². The molecule has 2 fully saturated rings. The van der Waals surface area contributed by atoms with Crippen LogP contribution in [0.5, 0.6) is 0 Å². The first kappa shape index (κ1) is 18.8. The third-order valence-electron chi connectivity index (χ3n) is 5.30. The minimum absolute atomic E-state index is 0.102. The van der Waals surface area contributed by atoms with Crippen LogP contribution in [0, 0.1) is 17.1 Å². The highest BCUT2D eigenvalue weighted by molar-refractivity contribution is 7.98. The van der Waals surface area contributed by atoms with Crippen molar-refractivity contribution < 1.29 is 9.18 Å². The Labute approximate surface area is 168 Å². The van der Waals surface area contributed by atoms with E-state index in [9.17, 15) is 14.4 Å². The van der Waals surface area contributed by atoms with Gasteiger partial charge in [0.2, 0.25) is 0 Å². The van der Waals surface area contributed by atoms with Crippen molar-refractivity contribution in [2.24, 2.45) is 0 Å². The van der Waals surface area contributed by atoms with E-state index in [4.69, 9.17) is 0 Å². The Hall–Kier alpha value is -2.59. The normalized spacial score (nSPS) is 16.8. The molecule has 28 heavy (non-hydrogen) atoms. The van der Waals surface area contributed by atoms with Crippen LogP contribution in [0.2, 0.25) is 0 Å². The third-order valence-corrected chi connectivity index (χ3v) is 5.98. The zero-order valence-corrected chi connectivity index (χ0v) is 16.5. The van der Waals surface area contributed by atoms with Gasteiger partial charge >= 0.3 is 0 Å². The van der Waals surface area contributed by atoms with Crippen LogP contribution in [0.3, 0.4) is 0 Å². The molecule has 1 aliphatic carbocycles. The molecule has 2 aliphatic rings. The summed E-state index contributed by atoms with van der Waals surface area (Å²) >= 11 is 1.41. The van der Waals surface area contributed by atoms with Crippen molar-refractivity contribution >= 4 is 23.4 Å². The van der Waals surface area contributed by atoms with E-state index in [1.54, 1.807) is 17.0 Å². The summed E-state index contributed by atoms with van der Waals surface area (Å²) in [5.41, 5.74) is 2.73. The average molecular weight is 396 g/mol. The summed E-state index contributed by atoms with van der Waals surface area (Å²) in [4.78, 5) is 21.7. The van der Waals surface area contributed by atoms with E-state index in [1.807, 2.05) is 12.3 Å². The van der Waals surface area contributed by atoms with Gasteiger partial charge < -0.3 is 9.80 Å². The maximum Gasteiger partial charge on any atom is 0.255 e. The smallest absolute Gasteiger partial charge is 0.255 e. The fourth-order valence-corrected chi connectivity index (χ4v) is 4.10. The van der Waals surface area contributed by atoms with Crippen LogP contribution >= 0.6 is 11.8 Å². The van der Waals surface area contributed by atoms with Gasteiger partial charge in [-0.25, -0.2) is 9.37 Å². The first-order valence-electron chi connectivity index (χ1n) is 9.39. The van der Waals surface area contributed by atoms with Crippen LogP contribution in [0.25, 0.3) is 0 Å². The first-order chi connectivity index (χ1) is 13.6. The zero-order valence-electron chi connectivity index (χ0n) is 15.7. The zero-order chi connectivity index (χ0) is 19.7. The van der Waals surface area contributed by atoms with Gasteiger partial charge in [0, 0.05) is 43.5 Å². The molecular weight excluding hydrogens is 375 g/mol. The van der Waals surface area contributed by atoms with E-state index in [0.717, 1.165) is 24.2 Å². The van der Waals surface area contributed by atoms with E-state index in [0.29, 0.717) is 48.2 Å². The van der Waals surface area contributed by atoms with Crippen LogP contribution in [0.15, 0.2) is 35.4 Å². The van der Waals surface area contributed by atoms with Crippen molar-refractivity contribution in [3.8, 4) is 6.07 Å². The van der Waals surface area contributed by atoms with Crippen molar-refractivity contribution in [3.05, 3.63) is 53.0 Å². The molecule has 1 amide bonds. The topological polar surface area (TPSA) is 60.2 Å². The number of hydrogen-bond acceptors (Lipinski definition) is 5.